The van der Waals surface area contributed by atoms with Gasteiger partial charge in [-0.25, -0.2) is 19.9 Å². The van der Waals surface area contributed by atoms with Gasteiger partial charge < -0.3 is 9.13 Å². The fraction of sp³-hybridized carbons (Fsp3) is 0.0217. The van der Waals surface area contributed by atoms with E-state index >= 15 is 0 Å². The zero-order valence-corrected chi connectivity index (χ0v) is 58.6. The van der Waals surface area contributed by atoms with Gasteiger partial charge in [-0.15, -0.1) is 45.3 Å². The Morgan fingerprint density at radius 3 is 1.05 bits per heavy atom. The second kappa shape index (κ2) is 21.6. The molecule has 23 aromatic rings. The molecule has 0 unspecified atom stereocenters. The Balaban J connectivity index is 1.03. The van der Waals surface area contributed by atoms with E-state index in [0.29, 0.717) is 17.5 Å². The number of nitrogens with zero attached hydrogens (tertiary/aromatic N) is 8. The minimum atomic E-state index is 0.501. The predicted molar refractivity (Wildman–Crippen MR) is 441 cm³/mol. The maximum absolute atomic E-state index is 6.96. The van der Waals surface area contributed by atoms with Crippen LogP contribution in [0.3, 0.4) is 0 Å². The Morgan fingerprint density at radius 1 is 0.240 bits per heavy atom. The van der Waals surface area contributed by atoms with E-state index in [1.807, 2.05) is 45.3 Å². The minimum Gasteiger partial charge on any atom is -0.304 e. The van der Waals surface area contributed by atoms with Gasteiger partial charge in [0.25, 0.3) is 0 Å². The molecular formula is C92H52N8S4. The van der Waals surface area contributed by atoms with Crippen molar-refractivity contribution < 1.29 is 0 Å². The number of benzene rings is 13. The van der Waals surface area contributed by atoms with Crippen molar-refractivity contribution in [2.24, 2.45) is 0 Å². The molecule has 24 rings (SSSR count). The molecule has 0 aliphatic heterocycles. The summed E-state index contributed by atoms with van der Waals surface area (Å²) in [6, 6.07) is 107. The largest absolute Gasteiger partial charge is 0.304 e. The molecule has 10 aromatic heterocycles. The Morgan fingerprint density at radius 2 is 0.577 bits per heavy atom. The summed E-state index contributed by atoms with van der Waals surface area (Å²) in [4.78, 5) is 26.1. The van der Waals surface area contributed by atoms with Gasteiger partial charge in [0.15, 0.2) is 29.1 Å². The summed E-state index contributed by atoms with van der Waals surface area (Å²) >= 11 is 7.47. The first-order chi connectivity index (χ1) is 51.6. The van der Waals surface area contributed by atoms with Crippen LogP contribution < -0.4 is 0 Å². The zero-order valence-electron chi connectivity index (χ0n) is 55.3. The number of rotatable bonds is 7. The molecule has 0 radical (unpaired) electrons. The van der Waals surface area contributed by atoms with Crippen LogP contribution in [0.15, 0.2) is 291 Å². The Hall–Kier alpha value is -12.4. The van der Waals surface area contributed by atoms with Crippen LogP contribution in [0.4, 0.5) is 0 Å². The Kier molecular flexibility index (Phi) is 11.9. The highest BCUT2D eigenvalue weighted by Gasteiger charge is 2.38. The highest BCUT2D eigenvalue weighted by atomic mass is 32.1. The molecule has 13 aromatic carbocycles. The predicted octanol–water partition coefficient (Wildman–Crippen LogP) is 25.6. The van der Waals surface area contributed by atoms with Gasteiger partial charge in [-0.3, -0.25) is 9.13 Å². The van der Waals surface area contributed by atoms with Gasteiger partial charge in [-0.2, -0.15) is 0 Å². The van der Waals surface area contributed by atoms with Crippen LogP contribution in [0.25, 0.3) is 215 Å². The van der Waals surface area contributed by atoms with E-state index < -0.39 is 0 Å². The van der Waals surface area contributed by atoms with E-state index in [9.17, 15) is 0 Å². The van der Waals surface area contributed by atoms with Gasteiger partial charge in [-0.05, 0) is 77.9 Å². The zero-order chi connectivity index (χ0) is 67.6. The monoisotopic (exact) mass is 1400 g/mol. The lowest BCUT2D eigenvalue weighted by Crippen LogP contribution is -2.18. The third kappa shape index (κ3) is 7.83. The molecule has 0 fully saturated rings. The fourth-order valence-corrected chi connectivity index (χ4v) is 22.6. The lowest BCUT2D eigenvalue weighted by Gasteiger charge is -2.27. The summed E-state index contributed by atoms with van der Waals surface area (Å²) in [5.41, 5.74) is 15.4. The molecule has 0 atom stereocenters. The van der Waals surface area contributed by atoms with Crippen molar-refractivity contribution in [1.29, 1.82) is 0 Å². The number of pyridine rings is 1. The van der Waals surface area contributed by atoms with Crippen LogP contribution in [-0.4, -0.2) is 38.2 Å². The first-order valence-electron chi connectivity index (χ1n) is 35.2. The summed E-state index contributed by atoms with van der Waals surface area (Å²) < 4.78 is 18.8. The van der Waals surface area contributed by atoms with Crippen LogP contribution in [0.5, 0.6) is 0 Å². The van der Waals surface area contributed by atoms with Crippen LogP contribution in [-0.2, 0) is 12.8 Å². The molecule has 0 amide bonds. The number of para-hydroxylation sites is 4. The Labute approximate surface area is 608 Å². The van der Waals surface area contributed by atoms with Crippen LogP contribution in [0, 0.1) is 0 Å². The van der Waals surface area contributed by atoms with E-state index in [4.69, 9.17) is 19.9 Å². The molecule has 1 aliphatic rings. The van der Waals surface area contributed by atoms with Gasteiger partial charge in [0.2, 0.25) is 0 Å². The van der Waals surface area contributed by atoms with E-state index in [2.05, 4.69) is 309 Å². The molecule has 10 heterocycles. The van der Waals surface area contributed by atoms with E-state index in [1.54, 1.807) is 0 Å². The molecule has 0 N–H and O–H groups in total. The smallest absolute Gasteiger partial charge is 0.168 e. The number of hydrogen-bond donors (Lipinski definition) is 0. The maximum Gasteiger partial charge on any atom is 0.168 e. The molecular weight excluding hydrogens is 1350 g/mol. The maximum atomic E-state index is 6.96. The van der Waals surface area contributed by atoms with Crippen LogP contribution >= 0.6 is 45.3 Å². The van der Waals surface area contributed by atoms with Gasteiger partial charge in [0.1, 0.15) is 11.4 Å². The molecule has 8 nitrogen and oxygen atoms in total. The van der Waals surface area contributed by atoms with Gasteiger partial charge in [-0.1, -0.05) is 243 Å². The number of hydrogen-bond acceptors (Lipinski definition) is 8. The van der Waals surface area contributed by atoms with Crippen molar-refractivity contribution in [2.75, 3.05) is 0 Å². The first-order valence-corrected chi connectivity index (χ1v) is 38.5. The van der Waals surface area contributed by atoms with Crippen LogP contribution in [0.1, 0.15) is 11.1 Å². The second-order valence-electron chi connectivity index (χ2n) is 27.3. The molecule has 0 saturated carbocycles. The molecule has 0 bridgehead atoms. The SMILES string of the molecule is c1ccc(-c2nc(-c3ccccc3)nc(-c3c(-n4c5c(c6ccccc64)CCc4c-5sc5ccccc45)c(-n4c5ccccc5c5ccc6c7ccccc7sc6c54)nc(-n4c5ccccc5c5ccc6c7ccccc7sc6c54)c3-n3c4ccccc4c4ccc5c6ccccc6sc5c43)n2)cc1. The molecule has 0 spiro atoms. The van der Waals surface area contributed by atoms with Crippen molar-refractivity contribution >= 4 is 192 Å². The first kappa shape index (κ1) is 57.2. The molecule has 484 valence electrons. The highest BCUT2D eigenvalue weighted by molar-refractivity contribution is 7.27. The van der Waals surface area contributed by atoms with Crippen molar-refractivity contribution in [2.45, 2.75) is 12.8 Å². The molecule has 12 heteroatoms. The summed E-state index contributed by atoms with van der Waals surface area (Å²) in [5, 5.41) is 16.5. The Bertz CT molecular complexity index is 7630. The van der Waals surface area contributed by atoms with Crippen molar-refractivity contribution in [3.05, 3.63) is 302 Å². The lowest BCUT2D eigenvalue weighted by molar-refractivity contribution is 0.928. The third-order valence-corrected chi connectivity index (χ3v) is 26.8. The number of aromatic nitrogens is 8. The topological polar surface area (TPSA) is 71.3 Å². The standard InChI is InChI=1S/C92H52N8S4/c1-3-23-51(24-4-1)88-93-89(52-25-5-2-6-26-52)95-90(94-88)77-82(97-69-35-15-7-27-53(69)61-43-47-65-57-31-11-19-39-73(57)101-84(65)78(61)97)91(99-71-37-17-9-29-55(71)63-45-49-67-59-33-13-21-41-75(59)103-86(67)80(63)99)96-92(100-72-38-18-10-30-56(72)64-46-50-68-60-34-14-22-42-76(60)104-87(68)81(64)100)83(77)98-70-36-16-8-28-54(70)62-44-48-66-58-32-12-20-40-74(58)102-85(66)79(62)98/h1-43,45-47,49-50H,44,48H2. The summed E-state index contributed by atoms with van der Waals surface area (Å²) in [6.45, 7) is 0. The number of thiophene rings is 4. The molecule has 104 heavy (non-hydrogen) atoms. The molecule has 0 saturated heterocycles. The van der Waals surface area contributed by atoms with Crippen molar-refractivity contribution in [1.82, 2.24) is 38.2 Å². The number of aryl methyl sites for hydroxylation is 2. The van der Waals surface area contributed by atoms with E-state index in [0.717, 1.165) is 129 Å². The second-order valence-corrected chi connectivity index (χ2v) is 31.5. The van der Waals surface area contributed by atoms with Gasteiger partial charge >= 0.3 is 0 Å². The summed E-state index contributed by atoms with van der Waals surface area (Å²) in [5.74, 6) is 3.07. The quantitative estimate of drug-likeness (QED) is 0.159. The summed E-state index contributed by atoms with van der Waals surface area (Å²) in [6.07, 6.45) is 1.74. The van der Waals surface area contributed by atoms with Crippen molar-refractivity contribution in [3.63, 3.8) is 0 Å². The summed E-state index contributed by atoms with van der Waals surface area (Å²) in [7, 11) is 0. The lowest BCUT2D eigenvalue weighted by atomic mass is 9.92. The van der Waals surface area contributed by atoms with Gasteiger partial charge in [0, 0.05) is 99.9 Å². The number of fused-ring (bicyclic) bond motifs is 28. The normalized spacial score (nSPS) is 12.7. The van der Waals surface area contributed by atoms with E-state index in [1.165, 1.54) is 92.0 Å². The van der Waals surface area contributed by atoms with Gasteiger partial charge in [0.05, 0.1) is 68.9 Å². The third-order valence-electron chi connectivity index (χ3n) is 22.0. The van der Waals surface area contributed by atoms with Crippen LogP contribution in [0.2, 0.25) is 0 Å². The fourth-order valence-electron chi connectivity index (χ4n) is 17.6. The minimum absolute atomic E-state index is 0.501. The highest BCUT2D eigenvalue weighted by Crippen LogP contribution is 2.56. The average molecular weight is 1400 g/mol. The average Bonchev–Trinajstić information content (AvgIpc) is 1.48. The van der Waals surface area contributed by atoms with Crippen molar-refractivity contribution in [3.8, 4) is 67.7 Å². The van der Waals surface area contributed by atoms with E-state index in [-0.39, 0.29) is 0 Å². The molecule has 1 aliphatic carbocycles.